The maximum absolute atomic E-state index is 5.86. The molecule has 0 aromatic rings. The van der Waals surface area contributed by atoms with Crippen LogP contribution in [0, 0.1) is 0 Å². The molecule has 1 aliphatic rings. The Labute approximate surface area is 80.5 Å². The summed E-state index contributed by atoms with van der Waals surface area (Å²) in [5.74, 6) is 0. The molecule has 0 aromatic heterocycles. The summed E-state index contributed by atoms with van der Waals surface area (Å²) in [5, 5.41) is 0. The fourth-order valence-electron chi connectivity index (χ4n) is 2.02. The summed E-state index contributed by atoms with van der Waals surface area (Å²) in [6.45, 7) is 7.71. The predicted octanol–water partition coefficient (Wildman–Crippen LogP) is 2.79. The van der Waals surface area contributed by atoms with Crippen LogP contribution in [0.4, 0.5) is 0 Å². The van der Waals surface area contributed by atoms with E-state index < -0.39 is 0 Å². The van der Waals surface area contributed by atoms with Crippen molar-refractivity contribution < 1.29 is 0 Å². The van der Waals surface area contributed by atoms with Crippen LogP contribution in [0.3, 0.4) is 0 Å². The fourth-order valence-corrected chi connectivity index (χ4v) is 3.89. The first-order chi connectivity index (χ1) is 5.47. The van der Waals surface area contributed by atoms with Crippen molar-refractivity contribution in [1.82, 2.24) is 0 Å². The van der Waals surface area contributed by atoms with Crippen LogP contribution in [0.5, 0.6) is 0 Å². The average Bonchev–Trinajstić information content (AvgIpc) is 2.34. The lowest BCUT2D eigenvalue weighted by atomic mass is 10.1. The molecule has 1 rings (SSSR count). The monoisotopic (exact) mass is 187 g/mol. The third-order valence-corrected chi connectivity index (χ3v) is 4.03. The number of thioether (sulfide) groups is 1. The van der Waals surface area contributed by atoms with E-state index in [1.807, 2.05) is 0 Å². The maximum Gasteiger partial charge on any atom is 0.0287 e. The Morgan fingerprint density at radius 1 is 1.25 bits per heavy atom. The topological polar surface area (TPSA) is 26.0 Å². The first-order valence-corrected chi connectivity index (χ1v) is 5.69. The minimum absolute atomic E-state index is 0.365. The lowest BCUT2D eigenvalue weighted by Crippen LogP contribution is -2.35. The van der Waals surface area contributed by atoms with E-state index in [4.69, 9.17) is 5.73 Å². The number of rotatable bonds is 2. The van der Waals surface area contributed by atoms with Gasteiger partial charge in [0.1, 0.15) is 0 Å². The molecule has 1 aliphatic carbocycles. The van der Waals surface area contributed by atoms with E-state index >= 15 is 0 Å². The van der Waals surface area contributed by atoms with Crippen LogP contribution in [-0.2, 0) is 0 Å². The molecule has 0 radical (unpaired) electrons. The third kappa shape index (κ3) is 2.67. The van der Waals surface area contributed by atoms with E-state index in [1.165, 1.54) is 25.7 Å². The van der Waals surface area contributed by atoms with Gasteiger partial charge in [-0.15, -0.1) is 11.8 Å². The van der Waals surface area contributed by atoms with Gasteiger partial charge in [0.15, 0.2) is 0 Å². The van der Waals surface area contributed by atoms with Crippen LogP contribution < -0.4 is 5.73 Å². The Bertz CT molecular complexity index is 142. The molecule has 0 aliphatic heterocycles. The van der Waals surface area contributed by atoms with Crippen molar-refractivity contribution in [3.05, 3.63) is 0 Å². The van der Waals surface area contributed by atoms with E-state index in [2.05, 4.69) is 32.5 Å². The van der Waals surface area contributed by atoms with Crippen LogP contribution >= 0.6 is 11.8 Å². The van der Waals surface area contributed by atoms with Gasteiger partial charge in [0.25, 0.3) is 0 Å². The third-order valence-electron chi connectivity index (χ3n) is 2.41. The molecule has 1 nitrogen and oxygen atoms in total. The van der Waals surface area contributed by atoms with Crippen LogP contribution in [0.2, 0.25) is 0 Å². The average molecular weight is 187 g/mol. The molecular weight excluding hydrogens is 166 g/mol. The second-order valence-corrected chi connectivity index (χ2v) is 7.10. The molecule has 0 heterocycles. The zero-order valence-corrected chi connectivity index (χ0v) is 9.34. The van der Waals surface area contributed by atoms with Crippen LogP contribution in [0.15, 0.2) is 0 Å². The Morgan fingerprint density at radius 2 is 1.75 bits per heavy atom. The van der Waals surface area contributed by atoms with Crippen molar-refractivity contribution in [1.29, 1.82) is 0 Å². The molecule has 2 heteroatoms. The molecule has 0 saturated heterocycles. The quantitative estimate of drug-likeness (QED) is 0.719. The lowest BCUT2D eigenvalue weighted by molar-refractivity contribution is 0.605. The Balaban J connectivity index is 2.55. The minimum Gasteiger partial charge on any atom is -0.329 e. The molecule has 0 amide bonds. The van der Waals surface area contributed by atoms with Gasteiger partial charge in [-0.1, -0.05) is 33.6 Å². The first kappa shape index (κ1) is 10.4. The van der Waals surface area contributed by atoms with Crippen LogP contribution in [0.1, 0.15) is 46.5 Å². The maximum atomic E-state index is 5.86. The van der Waals surface area contributed by atoms with E-state index in [1.54, 1.807) is 0 Å². The smallest absolute Gasteiger partial charge is 0.0287 e. The van der Waals surface area contributed by atoms with E-state index in [9.17, 15) is 0 Å². The number of hydrogen-bond donors (Lipinski definition) is 1. The first-order valence-electron chi connectivity index (χ1n) is 4.88. The molecule has 1 saturated carbocycles. The van der Waals surface area contributed by atoms with E-state index in [-0.39, 0.29) is 0 Å². The van der Waals surface area contributed by atoms with Gasteiger partial charge in [-0.3, -0.25) is 0 Å². The highest BCUT2D eigenvalue weighted by atomic mass is 32.2. The number of nitrogens with two attached hydrogens (primary N) is 1. The summed E-state index contributed by atoms with van der Waals surface area (Å²) in [4.78, 5) is 0. The Hall–Kier alpha value is 0.310. The summed E-state index contributed by atoms with van der Waals surface area (Å²) >= 11 is 2.09. The predicted molar refractivity (Wildman–Crippen MR) is 57.6 cm³/mol. The van der Waals surface area contributed by atoms with Gasteiger partial charge in [0.05, 0.1) is 0 Å². The Kier molecular flexibility index (Phi) is 3.11. The van der Waals surface area contributed by atoms with Crippen molar-refractivity contribution in [3.8, 4) is 0 Å². The summed E-state index contributed by atoms with van der Waals surface area (Å²) in [6.07, 6.45) is 5.40. The highest BCUT2D eigenvalue weighted by molar-refractivity contribution is 8.02. The molecular formula is C10H21NS. The Morgan fingerprint density at radius 3 is 2.08 bits per heavy atom. The molecule has 0 atom stereocenters. The zero-order chi connectivity index (χ0) is 9.24. The zero-order valence-electron chi connectivity index (χ0n) is 8.52. The van der Waals surface area contributed by atoms with Crippen molar-refractivity contribution in [2.24, 2.45) is 5.73 Å². The van der Waals surface area contributed by atoms with Gasteiger partial charge >= 0.3 is 0 Å². The van der Waals surface area contributed by atoms with Crippen molar-refractivity contribution >= 4 is 11.8 Å². The summed E-state index contributed by atoms with van der Waals surface area (Å²) in [7, 11) is 0. The van der Waals surface area contributed by atoms with Crippen molar-refractivity contribution in [2.75, 3.05) is 6.54 Å². The van der Waals surface area contributed by atoms with Gasteiger partial charge in [0.2, 0.25) is 0 Å². The number of hydrogen-bond acceptors (Lipinski definition) is 2. The molecule has 0 aromatic carbocycles. The molecule has 0 bridgehead atoms. The highest BCUT2D eigenvalue weighted by Crippen LogP contribution is 2.46. The summed E-state index contributed by atoms with van der Waals surface area (Å²) < 4.78 is 0.780. The van der Waals surface area contributed by atoms with Gasteiger partial charge in [-0.25, -0.2) is 0 Å². The molecule has 12 heavy (non-hydrogen) atoms. The highest BCUT2D eigenvalue weighted by Gasteiger charge is 2.36. The van der Waals surface area contributed by atoms with Crippen molar-refractivity contribution in [3.63, 3.8) is 0 Å². The molecule has 1 fully saturated rings. The fraction of sp³-hybridized carbons (Fsp3) is 1.00. The standard InChI is InChI=1S/C10H21NS/c1-9(2,3)12-10(8-11)6-4-5-7-10/h4-8,11H2,1-3H3. The normalized spacial score (nSPS) is 23.0. The van der Waals surface area contributed by atoms with Crippen LogP contribution in [-0.4, -0.2) is 16.0 Å². The van der Waals surface area contributed by atoms with E-state index in [0.717, 1.165) is 6.54 Å². The van der Waals surface area contributed by atoms with Crippen molar-refractivity contribution in [2.45, 2.75) is 55.9 Å². The van der Waals surface area contributed by atoms with Crippen LogP contribution in [0.25, 0.3) is 0 Å². The summed E-state index contributed by atoms with van der Waals surface area (Å²) in [5.41, 5.74) is 5.86. The lowest BCUT2D eigenvalue weighted by Gasteiger charge is -2.33. The second-order valence-electron chi connectivity index (χ2n) is 4.81. The van der Waals surface area contributed by atoms with Gasteiger partial charge in [-0.2, -0.15) is 0 Å². The largest absolute Gasteiger partial charge is 0.329 e. The molecule has 2 N–H and O–H groups in total. The molecule has 72 valence electrons. The summed E-state index contributed by atoms with van der Waals surface area (Å²) in [6, 6.07) is 0. The second kappa shape index (κ2) is 3.59. The minimum atomic E-state index is 0.365. The molecule has 0 spiro atoms. The van der Waals surface area contributed by atoms with E-state index in [0.29, 0.717) is 9.49 Å². The van der Waals surface area contributed by atoms with Gasteiger partial charge in [-0.05, 0) is 12.8 Å². The molecule has 0 unspecified atom stereocenters. The van der Waals surface area contributed by atoms with Gasteiger partial charge < -0.3 is 5.73 Å². The SMILES string of the molecule is CC(C)(C)SC1(CN)CCCC1. The van der Waals surface area contributed by atoms with Gasteiger partial charge in [0, 0.05) is 16.0 Å².